The molecule has 1 aromatic carbocycles. The van der Waals surface area contributed by atoms with Crippen LogP contribution in [0, 0.1) is 11.8 Å². The van der Waals surface area contributed by atoms with E-state index in [-0.39, 0.29) is 0 Å². The molecule has 0 atom stereocenters. The molecule has 3 heteroatoms. The number of halogens is 1. The minimum atomic E-state index is 0.643. The monoisotopic (exact) mass is 283 g/mol. The summed E-state index contributed by atoms with van der Waals surface area (Å²) in [5.74, 6) is 2.12. The summed E-state index contributed by atoms with van der Waals surface area (Å²) in [7, 11) is 0. The van der Waals surface area contributed by atoms with Crippen LogP contribution < -0.4 is 10.1 Å². The lowest BCUT2D eigenvalue weighted by Gasteiger charge is -2.15. The molecule has 1 rings (SSSR count). The molecule has 108 valence electrons. The highest BCUT2D eigenvalue weighted by molar-refractivity contribution is 6.32. The third kappa shape index (κ3) is 6.31. The van der Waals surface area contributed by atoms with Crippen molar-refractivity contribution in [2.24, 2.45) is 11.8 Å². The van der Waals surface area contributed by atoms with Crippen LogP contribution in [0.5, 0.6) is 5.75 Å². The van der Waals surface area contributed by atoms with Gasteiger partial charge in [-0.25, -0.2) is 0 Å². The molecule has 0 unspecified atom stereocenters. The summed E-state index contributed by atoms with van der Waals surface area (Å²) >= 11 is 6.23. The average molecular weight is 284 g/mol. The van der Waals surface area contributed by atoms with E-state index in [0.717, 1.165) is 37.4 Å². The molecule has 0 bridgehead atoms. The van der Waals surface area contributed by atoms with E-state index in [1.807, 2.05) is 12.1 Å². The summed E-state index contributed by atoms with van der Waals surface area (Å²) in [5.41, 5.74) is 1.14. The first-order chi connectivity index (χ1) is 9.00. The standard InChI is InChI=1S/C16H26ClNO/c1-12(2)8-9-19-16-14(6-5-7-15(16)17)11-18-10-13(3)4/h5-7,12-13,18H,8-11H2,1-4H3. The maximum Gasteiger partial charge on any atom is 0.142 e. The lowest BCUT2D eigenvalue weighted by molar-refractivity contribution is 0.286. The van der Waals surface area contributed by atoms with E-state index in [2.05, 4.69) is 39.1 Å². The van der Waals surface area contributed by atoms with Crippen molar-refractivity contribution in [2.75, 3.05) is 13.2 Å². The van der Waals surface area contributed by atoms with Crippen molar-refractivity contribution in [3.63, 3.8) is 0 Å². The minimum absolute atomic E-state index is 0.643. The molecule has 0 aliphatic heterocycles. The van der Waals surface area contributed by atoms with E-state index in [9.17, 15) is 0 Å². The second-order valence-corrected chi connectivity index (χ2v) is 6.19. The predicted octanol–water partition coefficient (Wildman–Crippen LogP) is 4.51. The van der Waals surface area contributed by atoms with Crippen molar-refractivity contribution in [3.05, 3.63) is 28.8 Å². The number of ether oxygens (including phenoxy) is 1. The second kappa shape index (κ2) is 8.44. The second-order valence-electron chi connectivity index (χ2n) is 5.78. The Hall–Kier alpha value is -0.730. The number of hydrogen-bond acceptors (Lipinski definition) is 2. The fourth-order valence-corrected chi connectivity index (χ4v) is 2.00. The van der Waals surface area contributed by atoms with Gasteiger partial charge in [0.1, 0.15) is 5.75 Å². The lowest BCUT2D eigenvalue weighted by atomic mass is 10.1. The zero-order valence-corrected chi connectivity index (χ0v) is 13.3. The Morgan fingerprint density at radius 2 is 1.89 bits per heavy atom. The first-order valence-corrected chi connectivity index (χ1v) is 7.49. The normalized spacial score (nSPS) is 11.3. The minimum Gasteiger partial charge on any atom is -0.492 e. The third-order valence-electron chi connectivity index (χ3n) is 2.86. The molecule has 0 aliphatic rings. The van der Waals surface area contributed by atoms with Gasteiger partial charge in [-0.05, 0) is 30.9 Å². The van der Waals surface area contributed by atoms with Gasteiger partial charge in [0.05, 0.1) is 11.6 Å². The Morgan fingerprint density at radius 3 is 2.53 bits per heavy atom. The summed E-state index contributed by atoms with van der Waals surface area (Å²) in [4.78, 5) is 0. The molecule has 0 aromatic heterocycles. The van der Waals surface area contributed by atoms with Gasteiger partial charge in [0.2, 0.25) is 0 Å². The third-order valence-corrected chi connectivity index (χ3v) is 3.16. The quantitative estimate of drug-likeness (QED) is 0.758. The molecule has 0 heterocycles. The predicted molar refractivity (Wildman–Crippen MR) is 82.9 cm³/mol. The van der Waals surface area contributed by atoms with Crippen LogP contribution in [-0.4, -0.2) is 13.2 Å². The molecule has 0 saturated heterocycles. The molecule has 2 nitrogen and oxygen atoms in total. The molecule has 1 aromatic rings. The fourth-order valence-electron chi connectivity index (χ4n) is 1.75. The van der Waals surface area contributed by atoms with Crippen molar-refractivity contribution < 1.29 is 4.74 Å². The van der Waals surface area contributed by atoms with Crippen molar-refractivity contribution in [3.8, 4) is 5.75 Å². The fraction of sp³-hybridized carbons (Fsp3) is 0.625. The smallest absolute Gasteiger partial charge is 0.142 e. The largest absolute Gasteiger partial charge is 0.492 e. The van der Waals surface area contributed by atoms with Gasteiger partial charge >= 0.3 is 0 Å². The molecule has 0 amide bonds. The van der Waals surface area contributed by atoms with Crippen LogP contribution in [-0.2, 0) is 6.54 Å². The highest BCUT2D eigenvalue weighted by Gasteiger charge is 2.08. The molecular formula is C16H26ClNO. The van der Waals surface area contributed by atoms with Gasteiger partial charge in [-0.3, -0.25) is 0 Å². The Balaban J connectivity index is 2.61. The Kier molecular flexibility index (Phi) is 7.25. The van der Waals surface area contributed by atoms with Crippen LogP contribution in [0.3, 0.4) is 0 Å². The van der Waals surface area contributed by atoms with E-state index >= 15 is 0 Å². The highest BCUT2D eigenvalue weighted by Crippen LogP contribution is 2.29. The van der Waals surface area contributed by atoms with Gasteiger partial charge in [-0.2, -0.15) is 0 Å². The molecule has 19 heavy (non-hydrogen) atoms. The Morgan fingerprint density at radius 1 is 1.16 bits per heavy atom. The van der Waals surface area contributed by atoms with Crippen LogP contribution in [0.1, 0.15) is 39.7 Å². The summed E-state index contributed by atoms with van der Waals surface area (Å²) in [6.07, 6.45) is 1.05. The number of hydrogen-bond donors (Lipinski definition) is 1. The van der Waals surface area contributed by atoms with Crippen molar-refractivity contribution in [1.29, 1.82) is 0 Å². The number of rotatable bonds is 8. The Bertz CT molecular complexity index is 377. The molecule has 0 saturated carbocycles. The SMILES string of the molecule is CC(C)CCOc1c(Cl)cccc1CNCC(C)C. The Labute approximate surface area is 122 Å². The van der Waals surface area contributed by atoms with Gasteiger partial charge in [-0.1, -0.05) is 51.4 Å². The van der Waals surface area contributed by atoms with E-state index in [1.165, 1.54) is 0 Å². The number of benzene rings is 1. The van der Waals surface area contributed by atoms with E-state index in [0.29, 0.717) is 16.9 Å². The van der Waals surface area contributed by atoms with Crippen LogP contribution in [0.4, 0.5) is 0 Å². The van der Waals surface area contributed by atoms with E-state index < -0.39 is 0 Å². The number of nitrogens with one attached hydrogen (secondary N) is 1. The first-order valence-electron chi connectivity index (χ1n) is 7.11. The molecule has 0 aliphatic carbocycles. The van der Waals surface area contributed by atoms with E-state index in [1.54, 1.807) is 0 Å². The van der Waals surface area contributed by atoms with E-state index in [4.69, 9.17) is 16.3 Å². The lowest BCUT2D eigenvalue weighted by Crippen LogP contribution is -2.19. The molecule has 1 N–H and O–H groups in total. The van der Waals surface area contributed by atoms with Gasteiger partial charge in [-0.15, -0.1) is 0 Å². The van der Waals surface area contributed by atoms with Gasteiger partial charge in [0.25, 0.3) is 0 Å². The summed E-state index contributed by atoms with van der Waals surface area (Å²) in [5, 5.41) is 4.13. The summed E-state index contributed by atoms with van der Waals surface area (Å²) in [6.45, 7) is 11.3. The van der Waals surface area contributed by atoms with Crippen molar-refractivity contribution >= 4 is 11.6 Å². The van der Waals surface area contributed by atoms with Crippen LogP contribution in [0.2, 0.25) is 5.02 Å². The van der Waals surface area contributed by atoms with Crippen molar-refractivity contribution in [1.82, 2.24) is 5.32 Å². The average Bonchev–Trinajstić information content (AvgIpc) is 2.31. The topological polar surface area (TPSA) is 21.3 Å². The molecule has 0 radical (unpaired) electrons. The van der Waals surface area contributed by atoms with Crippen LogP contribution in [0.25, 0.3) is 0 Å². The first kappa shape index (κ1) is 16.3. The van der Waals surface area contributed by atoms with Gasteiger partial charge < -0.3 is 10.1 Å². The summed E-state index contributed by atoms with van der Waals surface area (Å²) in [6, 6.07) is 5.94. The zero-order valence-electron chi connectivity index (χ0n) is 12.5. The van der Waals surface area contributed by atoms with Crippen molar-refractivity contribution in [2.45, 2.75) is 40.7 Å². The zero-order chi connectivity index (χ0) is 14.3. The molecule has 0 fully saturated rings. The molecule has 0 spiro atoms. The highest BCUT2D eigenvalue weighted by atomic mass is 35.5. The maximum atomic E-state index is 6.23. The van der Waals surface area contributed by atoms with Gasteiger partial charge in [0, 0.05) is 12.1 Å². The molecular weight excluding hydrogens is 258 g/mol. The van der Waals surface area contributed by atoms with Gasteiger partial charge in [0.15, 0.2) is 0 Å². The van der Waals surface area contributed by atoms with Crippen LogP contribution in [0.15, 0.2) is 18.2 Å². The maximum absolute atomic E-state index is 6.23. The van der Waals surface area contributed by atoms with Crippen LogP contribution >= 0.6 is 11.6 Å². The summed E-state index contributed by atoms with van der Waals surface area (Å²) < 4.78 is 5.86. The number of para-hydroxylation sites is 1.